The zero-order valence-electron chi connectivity index (χ0n) is 11.6. The summed E-state index contributed by atoms with van der Waals surface area (Å²) in [6.07, 6.45) is 0.952. The standard InChI is InChI=1S/C14H22N2O3S/c17-14(18)11-12(10-13-2-1-9-20-13)15-3-4-16-5-7-19-8-6-16/h1-2,9,12,15H,3-8,10-11H2,(H,17,18). The third kappa shape index (κ3) is 5.58. The molecule has 0 radical (unpaired) electrons. The fraction of sp³-hybridized carbons (Fsp3) is 0.643. The molecule has 20 heavy (non-hydrogen) atoms. The summed E-state index contributed by atoms with van der Waals surface area (Å²) in [5, 5.41) is 14.4. The Labute approximate surface area is 123 Å². The minimum absolute atomic E-state index is 0.00666. The summed E-state index contributed by atoms with van der Waals surface area (Å²) in [4.78, 5) is 14.5. The highest BCUT2D eigenvalue weighted by Gasteiger charge is 2.15. The highest BCUT2D eigenvalue weighted by atomic mass is 32.1. The van der Waals surface area contributed by atoms with E-state index in [4.69, 9.17) is 9.84 Å². The highest BCUT2D eigenvalue weighted by Crippen LogP contribution is 2.12. The van der Waals surface area contributed by atoms with Crippen molar-refractivity contribution in [1.82, 2.24) is 10.2 Å². The molecule has 0 saturated carbocycles. The second kappa shape index (κ2) is 8.36. The Bertz CT molecular complexity index is 391. The first kappa shape index (κ1) is 15.4. The molecule has 1 unspecified atom stereocenters. The van der Waals surface area contributed by atoms with Gasteiger partial charge in [-0.15, -0.1) is 11.3 Å². The first-order chi connectivity index (χ1) is 9.74. The smallest absolute Gasteiger partial charge is 0.304 e. The van der Waals surface area contributed by atoms with Crippen LogP contribution in [-0.4, -0.2) is 61.4 Å². The van der Waals surface area contributed by atoms with Crippen molar-refractivity contribution in [3.63, 3.8) is 0 Å². The molecule has 1 atom stereocenters. The number of hydrogen-bond donors (Lipinski definition) is 2. The summed E-state index contributed by atoms with van der Waals surface area (Å²) in [6.45, 7) is 5.31. The molecule has 6 heteroatoms. The lowest BCUT2D eigenvalue weighted by Gasteiger charge is -2.27. The number of carboxylic acids is 1. The summed E-state index contributed by atoms with van der Waals surface area (Å²) < 4.78 is 5.31. The van der Waals surface area contributed by atoms with Gasteiger partial charge in [-0.05, 0) is 17.9 Å². The number of carboxylic acid groups (broad SMARTS) is 1. The molecule has 1 fully saturated rings. The maximum atomic E-state index is 10.9. The average molecular weight is 298 g/mol. The molecule has 0 bridgehead atoms. The normalized spacial score (nSPS) is 18.0. The van der Waals surface area contributed by atoms with Crippen LogP contribution in [-0.2, 0) is 16.0 Å². The Morgan fingerprint density at radius 3 is 2.95 bits per heavy atom. The maximum Gasteiger partial charge on any atom is 0.304 e. The molecule has 1 aromatic rings. The van der Waals surface area contributed by atoms with E-state index in [-0.39, 0.29) is 12.5 Å². The van der Waals surface area contributed by atoms with Crippen molar-refractivity contribution in [1.29, 1.82) is 0 Å². The van der Waals surface area contributed by atoms with Gasteiger partial charge in [-0.25, -0.2) is 0 Å². The van der Waals surface area contributed by atoms with E-state index in [1.165, 1.54) is 4.88 Å². The molecule has 112 valence electrons. The zero-order chi connectivity index (χ0) is 14.2. The van der Waals surface area contributed by atoms with E-state index in [1.54, 1.807) is 11.3 Å². The number of carbonyl (C=O) groups is 1. The van der Waals surface area contributed by atoms with E-state index in [0.29, 0.717) is 0 Å². The molecule has 2 N–H and O–H groups in total. The van der Waals surface area contributed by atoms with E-state index in [0.717, 1.165) is 45.8 Å². The van der Waals surface area contributed by atoms with E-state index < -0.39 is 5.97 Å². The molecule has 1 aliphatic rings. The van der Waals surface area contributed by atoms with E-state index in [1.807, 2.05) is 11.4 Å². The lowest BCUT2D eigenvalue weighted by atomic mass is 10.1. The molecule has 0 amide bonds. The van der Waals surface area contributed by atoms with Crippen molar-refractivity contribution < 1.29 is 14.6 Å². The molecule has 5 nitrogen and oxygen atoms in total. The van der Waals surface area contributed by atoms with Crippen molar-refractivity contribution in [2.45, 2.75) is 18.9 Å². The summed E-state index contributed by atoms with van der Waals surface area (Å²) in [5.41, 5.74) is 0. The largest absolute Gasteiger partial charge is 0.481 e. The van der Waals surface area contributed by atoms with Crippen LogP contribution >= 0.6 is 11.3 Å². The number of rotatable bonds is 8. The van der Waals surface area contributed by atoms with Crippen molar-refractivity contribution in [2.75, 3.05) is 39.4 Å². The number of aliphatic carboxylic acids is 1. The predicted molar refractivity (Wildman–Crippen MR) is 79.3 cm³/mol. The highest BCUT2D eigenvalue weighted by molar-refractivity contribution is 7.09. The van der Waals surface area contributed by atoms with Gasteiger partial charge in [-0.2, -0.15) is 0 Å². The molecule has 2 heterocycles. The van der Waals surface area contributed by atoms with Gasteiger partial charge < -0.3 is 15.2 Å². The average Bonchev–Trinajstić information content (AvgIpc) is 2.92. The summed E-state index contributed by atoms with van der Waals surface area (Å²) in [6, 6.07) is 4.07. The van der Waals surface area contributed by atoms with E-state index in [9.17, 15) is 4.79 Å². The Morgan fingerprint density at radius 1 is 1.50 bits per heavy atom. The first-order valence-electron chi connectivity index (χ1n) is 7.01. The Balaban J connectivity index is 1.73. The third-order valence-corrected chi connectivity index (χ3v) is 4.31. The van der Waals surface area contributed by atoms with Gasteiger partial charge in [0.25, 0.3) is 0 Å². The summed E-state index contributed by atoms with van der Waals surface area (Å²) in [5.74, 6) is -0.745. The topological polar surface area (TPSA) is 61.8 Å². The van der Waals surface area contributed by atoms with Crippen LogP contribution in [0.2, 0.25) is 0 Å². The van der Waals surface area contributed by atoms with Gasteiger partial charge in [0.15, 0.2) is 0 Å². The lowest BCUT2D eigenvalue weighted by Crippen LogP contribution is -2.43. The van der Waals surface area contributed by atoms with Gasteiger partial charge in [-0.1, -0.05) is 6.07 Å². The van der Waals surface area contributed by atoms with Crippen LogP contribution in [0.15, 0.2) is 17.5 Å². The van der Waals surface area contributed by atoms with Crippen LogP contribution in [0.1, 0.15) is 11.3 Å². The molecule has 1 aliphatic heterocycles. The van der Waals surface area contributed by atoms with Crippen molar-refractivity contribution in [3.8, 4) is 0 Å². The second-order valence-corrected chi connectivity index (χ2v) is 6.02. The van der Waals surface area contributed by atoms with Crippen molar-refractivity contribution in [2.24, 2.45) is 0 Å². The van der Waals surface area contributed by atoms with E-state index in [2.05, 4.69) is 16.3 Å². The molecule has 2 rings (SSSR count). The fourth-order valence-electron chi connectivity index (χ4n) is 2.35. The Morgan fingerprint density at radius 2 is 2.30 bits per heavy atom. The van der Waals surface area contributed by atoms with Gasteiger partial charge in [-0.3, -0.25) is 9.69 Å². The Kier molecular flexibility index (Phi) is 6.46. The molecule has 0 aromatic carbocycles. The van der Waals surface area contributed by atoms with Gasteiger partial charge >= 0.3 is 5.97 Å². The molecular formula is C14H22N2O3S. The fourth-order valence-corrected chi connectivity index (χ4v) is 3.14. The monoisotopic (exact) mass is 298 g/mol. The second-order valence-electron chi connectivity index (χ2n) is 4.99. The molecule has 0 spiro atoms. The molecule has 1 aromatic heterocycles. The quantitative estimate of drug-likeness (QED) is 0.751. The first-order valence-corrected chi connectivity index (χ1v) is 7.89. The predicted octanol–water partition coefficient (Wildman–Crippen LogP) is 1.06. The van der Waals surface area contributed by atoms with Gasteiger partial charge in [0.1, 0.15) is 0 Å². The number of hydrogen-bond acceptors (Lipinski definition) is 5. The van der Waals surface area contributed by atoms with Gasteiger partial charge in [0.2, 0.25) is 0 Å². The minimum atomic E-state index is -0.745. The van der Waals surface area contributed by atoms with Gasteiger partial charge in [0, 0.05) is 37.1 Å². The zero-order valence-corrected chi connectivity index (χ0v) is 12.4. The summed E-state index contributed by atoms with van der Waals surface area (Å²) in [7, 11) is 0. The van der Waals surface area contributed by atoms with Crippen molar-refractivity contribution >= 4 is 17.3 Å². The van der Waals surface area contributed by atoms with Gasteiger partial charge in [0.05, 0.1) is 19.6 Å². The number of morpholine rings is 1. The number of thiophene rings is 1. The number of nitrogens with one attached hydrogen (secondary N) is 1. The van der Waals surface area contributed by atoms with Crippen molar-refractivity contribution in [3.05, 3.63) is 22.4 Å². The minimum Gasteiger partial charge on any atom is -0.481 e. The van der Waals surface area contributed by atoms with Crippen LogP contribution < -0.4 is 5.32 Å². The molecule has 0 aliphatic carbocycles. The SMILES string of the molecule is O=C(O)CC(Cc1cccs1)NCCN1CCOCC1. The van der Waals surface area contributed by atoms with Crippen LogP contribution in [0.3, 0.4) is 0 Å². The van der Waals surface area contributed by atoms with E-state index >= 15 is 0 Å². The third-order valence-electron chi connectivity index (χ3n) is 3.41. The number of nitrogens with zero attached hydrogens (tertiary/aromatic N) is 1. The lowest BCUT2D eigenvalue weighted by molar-refractivity contribution is -0.137. The molecular weight excluding hydrogens is 276 g/mol. The maximum absolute atomic E-state index is 10.9. The Hall–Kier alpha value is -0.950. The van der Waals surface area contributed by atoms with Crippen LogP contribution in [0, 0.1) is 0 Å². The molecule has 1 saturated heterocycles. The summed E-state index contributed by atoms with van der Waals surface area (Å²) >= 11 is 1.68. The van der Waals surface area contributed by atoms with Crippen LogP contribution in [0.5, 0.6) is 0 Å². The van der Waals surface area contributed by atoms with Crippen LogP contribution in [0.25, 0.3) is 0 Å². The van der Waals surface area contributed by atoms with Crippen LogP contribution in [0.4, 0.5) is 0 Å². The number of ether oxygens (including phenoxy) is 1.